The van der Waals surface area contributed by atoms with Gasteiger partial charge in [0.25, 0.3) is 0 Å². The highest BCUT2D eigenvalue weighted by atomic mass is 79.9. The minimum absolute atomic E-state index is 0.465. The molecule has 3 N–H and O–H groups in total. The van der Waals surface area contributed by atoms with Gasteiger partial charge in [0.05, 0.1) is 7.11 Å². The minimum Gasteiger partial charge on any atom is -0.496 e. The first-order valence-corrected chi connectivity index (χ1v) is 7.26. The number of amides is 1. The van der Waals surface area contributed by atoms with Crippen LogP contribution in [0.25, 0.3) is 0 Å². The molecular formula is C16H17BrN2O2. The first-order chi connectivity index (χ1) is 10.0. The van der Waals surface area contributed by atoms with E-state index < -0.39 is 11.9 Å². The number of nitrogens with two attached hydrogens (primary N) is 1. The molecule has 0 aromatic heterocycles. The van der Waals surface area contributed by atoms with Crippen molar-refractivity contribution in [2.45, 2.75) is 13.0 Å². The van der Waals surface area contributed by atoms with Crippen molar-refractivity contribution in [2.75, 3.05) is 12.4 Å². The second-order valence-corrected chi connectivity index (χ2v) is 5.65. The summed E-state index contributed by atoms with van der Waals surface area (Å²) in [4.78, 5) is 11.9. The predicted molar refractivity (Wildman–Crippen MR) is 87.4 cm³/mol. The van der Waals surface area contributed by atoms with Crippen LogP contribution in [-0.4, -0.2) is 13.0 Å². The van der Waals surface area contributed by atoms with Gasteiger partial charge in [-0.25, -0.2) is 0 Å². The molecule has 5 heteroatoms. The Hall–Kier alpha value is -2.01. The van der Waals surface area contributed by atoms with E-state index >= 15 is 0 Å². The molecule has 1 atom stereocenters. The van der Waals surface area contributed by atoms with Gasteiger partial charge in [-0.1, -0.05) is 28.1 Å². The number of carbonyl (C=O) groups excluding carboxylic acids is 1. The summed E-state index contributed by atoms with van der Waals surface area (Å²) in [6.45, 7) is 1.99. The van der Waals surface area contributed by atoms with Crippen molar-refractivity contribution in [3.63, 3.8) is 0 Å². The normalized spacial score (nSPS) is 11.8. The van der Waals surface area contributed by atoms with Crippen LogP contribution in [0.1, 0.15) is 17.2 Å². The number of primary amides is 1. The van der Waals surface area contributed by atoms with E-state index in [1.54, 1.807) is 13.2 Å². The lowest BCUT2D eigenvalue weighted by Crippen LogP contribution is -2.28. The van der Waals surface area contributed by atoms with Crippen LogP contribution in [0.15, 0.2) is 46.9 Å². The van der Waals surface area contributed by atoms with Crippen LogP contribution in [0.4, 0.5) is 5.69 Å². The standard InChI is InChI=1S/C16H17BrN2O2/c1-10-4-3-5-12(8-10)19-15(16(18)20)13-9-11(17)6-7-14(13)21-2/h3-9,15,19H,1-2H3,(H2,18,20). The number of anilines is 1. The monoisotopic (exact) mass is 348 g/mol. The average Bonchev–Trinajstić information content (AvgIpc) is 2.44. The lowest BCUT2D eigenvalue weighted by Gasteiger charge is -2.20. The van der Waals surface area contributed by atoms with E-state index in [9.17, 15) is 4.79 Å². The maximum Gasteiger partial charge on any atom is 0.244 e. The van der Waals surface area contributed by atoms with E-state index in [-0.39, 0.29) is 0 Å². The van der Waals surface area contributed by atoms with E-state index in [4.69, 9.17) is 10.5 Å². The summed E-state index contributed by atoms with van der Waals surface area (Å²) in [6.07, 6.45) is 0. The molecule has 2 aromatic rings. The van der Waals surface area contributed by atoms with Gasteiger partial charge < -0.3 is 15.8 Å². The van der Waals surface area contributed by atoms with Gasteiger partial charge in [0, 0.05) is 15.7 Å². The second kappa shape index (κ2) is 6.63. The summed E-state index contributed by atoms with van der Waals surface area (Å²) in [5, 5.41) is 3.16. The van der Waals surface area contributed by atoms with Crippen LogP contribution >= 0.6 is 15.9 Å². The summed E-state index contributed by atoms with van der Waals surface area (Å²) in [7, 11) is 1.57. The first kappa shape index (κ1) is 15.4. The lowest BCUT2D eigenvalue weighted by atomic mass is 10.0. The van der Waals surface area contributed by atoms with E-state index in [1.807, 2.05) is 43.3 Å². The number of hydrogen-bond acceptors (Lipinski definition) is 3. The highest BCUT2D eigenvalue weighted by Gasteiger charge is 2.22. The molecule has 0 bridgehead atoms. The van der Waals surface area contributed by atoms with E-state index in [0.717, 1.165) is 15.7 Å². The predicted octanol–water partition coefficient (Wildman–Crippen LogP) is 3.40. The molecule has 1 unspecified atom stereocenters. The summed E-state index contributed by atoms with van der Waals surface area (Å²) in [6, 6.07) is 12.6. The zero-order valence-electron chi connectivity index (χ0n) is 11.9. The summed E-state index contributed by atoms with van der Waals surface area (Å²) < 4.78 is 6.18. The maximum absolute atomic E-state index is 11.9. The van der Waals surface area contributed by atoms with Gasteiger partial charge in [-0.05, 0) is 42.8 Å². The van der Waals surface area contributed by atoms with Crippen LogP contribution < -0.4 is 15.8 Å². The molecule has 0 aliphatic carbocycles. The molecule has 0 spiro atoms. The van der Waals surface area contributed by atoms with Crippen LogP contribution in [0.5, 0.6) is 5.75 Å². The number of carbonyl (C=O) groups is 1. The minimum atomic E-state index is -0.667. The third kappa shape index (κ3) is 3.76. The zero-order chi connectivity index (χ0) is 15.4. The molecule has 0 fully saturated rings. The van der Waals surface area contributed by atoms with E-state index in [1.165, 1.54) is 0 Å². The molecule has 0 saturated carbocycles. The number of benzene rings is 2. The zero-order valence-corrected chi connectivity index (χ0v) is 13.5. The van der Waals surface area contributed by atoms with E-state index in [2.05, 4.69) is 21.2 Å². The molecular weight excluding hydrogens is 332 g/mol. The van der Waals surface area contributed by atoms with Crippen molar-refractivity contribution in [1.82, 2.24) is 0 Å². The topological polar surface area (TPSA) is 64.3 Å². The van der Waals surface area contributed by atoms with Gasteiger partial charge in [0.1, 0.15) is 11.8 Å². The van der Waals surface area contributed by atoms with Crippen molar-refractivity contribution >= 4 is 27.5 Å². The fourth-order valence-electron chi connectivity index (χ4n) is 2.13. The van der Waals surface area contributed by atoms with Gasteiger partial charge in [-0.3, -0.25) is 4.79 Å². The molecule has 0 saturated heterocycles. The van der Waals surface area contributed by atoms with Gasteiger partial charge in [-0.2, -0.15) is 0 Å². The average molecular weight is 349 g/mol. The third-order valence-corrected chi connectivity index (χ3v) is 3.61. The Morgan fingerprint density at radius 3 is 2.67 bits per heavy atom. The Kier molecular flexibility index (Phi) is 4.85. The van der Waals surface area contributed by atoms with Crippen molar-refractivity contribution < 1.29 is 9.53 Å². The second-order valence-electron chi connectivity index (χ2n) is 4.74. The molecule has 110 valence electrons. The Morgan fingerprint density at radius 2 is 2.05 bits per heavy atom. The maximum atomic E-state index is 11.9. The number of aryl methyl sites for hydroxylation is 1. The number of methoxy groups -OCH3 is 1. The molecule has 4 nitrogen and oxygen atoms in total. The molecule has 2 aromatic carbocycles. The molecule has 1 amide bonds. The van der Waals surface area contributed by atoms with Gasteiger partial charge in [0.2, 0.25) is 5.91 Å². The van der Waals surface area contributed by atoms with Crippen molar-refractivity contribution in [2.24, 2.45) is 5.73 Å². The van der Waals surface area contributed by atoms with Crippen LogP contribution in [0, 0.1) is 6.92 Å². The Bertz CT molecular complexity index is 658. The fraction of sp³-hybridized carbons (Fsp3) is 0.188. The highest BCUT2D eigenvalue weighted by Crippen LogP contribution is 2.30. The van der Waals surface area contributed by atoms with Crippen molar-refractivity contribution in [1.29, 1.82) is 0 Å². The number of halogens is 1. The van der Waals surface area contributed by atoms with Gasteiger partial charge in [-0.15, -0.1) is 0 Å². The summed E-state index contributed by atoms with van der Waals surface area (Å²) in [5.74, 6) is 0.148. The molecule has 0 heterocycles. The van der Waals surface area contributed by atoms with Crippen LogP contribution in [0.2, 0.25) is 0 Å². The Balaban J connectivity index is 2.40. The smallest absolute Gasteiger partial charge is 0.244 e. The number of nitrogens with one attached hydrogen (secondary N) is 1. The SMILES string of the molecule is COc1ccc(Br)cc1C(Nc1cccc(C)c1)C(N)=O. The molecule has 21 heavy (non-hydrogen) atoms. The summed E-state index contributed by atoms with van der Waals surface area (Å²) in [5.41, 5.74) is 8.19. The lowest BCUT2D eigenvalue weighted by molar-refractivity contribution is -0.118. The third-order valence-electron chi connectivity index (χ3n) is 3.12. The Labute approximate surface area is 132 Å². The van der Waals surface area contributed by atoms with Gasteiger partial charge in [0.15, 0.2) is 0 Å². The molecule has 0 aliphatic rings. The number of ether oxygens (including phenoxy) is 1. The van der Waals surface area contributed by atoms with Gasteiger partial charge >= 0.3 is 0 Å². The summed E-state index contributed by atoms with van der Waals surface area (Å²) >= 11 is 3.40. The number of hydrogen-bond donors (Lipinski definition) is 2. The van der Waals surface area contributed by atoms with E-state index in [0.29, 0.717) is 11.3 Å². The quantitative estimate of drug-likeness (QED) is 0.870. The largest absolute Gasteiger partial charge is 0.496 e. The van der Waals surface area contributed by atoms with Crippen LogP contribution in [0.3, 0.4) is 0 Å². The van der Waals surface area contributed by atoms with Crippen molar-refractivity contribution in [3.8, 4) is 5.75 Å². The van der Waals surface area contributed by atoms with Crippen LogP contribution in [-0.2, 0) is 4.79 Å². The molecule has 0 radical (unpaired) electrons. The Morgan fingerprint density at radius 1 is 1.29 bits per heavy atom. The molecule has 0 aliphatic heterocycles. The first-order valence-electron chi connectivity index (χ1n) is 6.47. The highest BCUT2D eigenvalue weighted by molar-refractivity contribution is 9.10. The van der Waals surface area contributed by atoms with Crippen molar-refractivity contribution in [3.05, 3.63) is 58.1 Å². The number of rotatable bonds is 5. The fourth-order valence-corrected chi connectivity index (χ4v) is 2.51. The molecule has 2 rings (SSSR count).